The summed E-state index contributed by atoms with van der Waals surface area (Å²) in [6.07, 6.45) is 0.513. The number of carbonyl (C=O) groups is 2. The van der Waals surface area contributed by atoms with Crippen molar-refractivity contribution in [2.45, 2.75) is 40.5 Å². The normalized spacial score (nSPS) is 16.5. The molecule has 0 N–H and O–H groups in total. The second-order valence-corrected chi connectivity index (χ2v) is 6.14. The maximum absolute atomic E-state index is 13.0. The van der Waals surface area contributed by atoms with Gasteiger partial charge in [0.05, 0.1) is 25.7 Å². The van der Waals surface area contributed by atoms with Crippen LogP contribution in [0, 0.1) is 31.6 Å². The van der Waals surface area contributed by atoms with Crippen molar-refractivity contribution in [2.24, 2.45) is 5.92 Å². The summed E-state index contributed by atoms with van der Waals surface area (Å²) in [5.41, 5.74) is 4.35. The van der Waals surface area contributed by atoms with Crippen LogP contribution in [-0.4, -0.2) is 25.5 Å². The molecule has 1 atom stereocenters. The zero-order chi connectivity index (χ0) is 18.6. The molecule has 132 valence electrons. The van der Waals surface area contributed by atoms with E-state index in [0.717, 1.165) is 22.3 Å². The third kappa shape index (κ3) is 3.93. The van der Waals surface area contributed by atoms with E-state index in [9.17, 15) is 9.59 Å². The summed E-state index contributed by atoms with van der Waals surface area (Å²) in [6, 6.07) is 3.95. The smallest absolute Gasteiger partial charge is 0.306 e. The second kappa shape index (κ2) is 8.02. The first kappa shape index (κ1) is 18.8. The summed E-state index contributed by atoms with van der Waals surface area (Å²) in [6.45, 7) is 7.80. The highest BCUT2D eigenvalue weighted by atomic mass is 16.5. The Balaban J connectivity index is 2.41. The quantitative estimate of drug-likeness (QED) is 0.607. The van der Waals surface area contributed by atoms with Crippen LogP contribution in [0.5, 0.6) is 0 Å². The molecule has 1 aromatic rings. The zero-order valence-electron chi connectivity index (χ0n) is 15.5. The fraction of sp³-hybridized carbons (Fsp3) is 0.429. The molecule has 0 aliphatic heterocycles. The molecule has 4 heteroatoms. The molecule has 0 aromatic heterocycles. The molecule has 0 radical (unpaired) electrons. The van der Waals surface area contributed by atoms with Gasteiger partial charge >= 0.3 is 5.97 Å². The predicted octanol–water partition coefficient (Wildman–Crippen LogP) is 3.57. The van der Waals surface area contributed by atoms with Crippen LogP contribution >= 0.6 is 0 Å². The van der Waals surface area contributed by atoms with Crippen molar-refractivity contribution in [3.8, 4) is 11.8 Å². The Kier molecular flexibility index (Phi) is 6.03. The fourth-order valence-electron chi connectivity index (χ4n) is 3.37. The maximum atomic E-state index is 13.0. The molecule has 1 unspecified atom stereocenters. The number of carbonyl (C=O) groups excluding carboxylic acids is 2. The number of rotatable bonds is 5. The molecule has 1 aliphatic carbocycles. The van der Waals surface area contributed by atoms with Gasteiger partial charge in [0, 0.05) is 17.9 Å². The van der Waals surface area contributed by atoms with Crippen LogP contribution in [0.1, 0.15) is 48.9 Å². The lowest BCUT2D eigenvalue weighted by molar-refractivity contribution is -0.145. The lowest BCUT2D eigenvalue weighted by Crippen LogP contribution is -2.17. The summed E-state index contributed by atoms with van der Waals surface area (Å²) < 4.78 is 10.5. The van der Waals surface area contributed by atoms with Gasteiger partial charge in [0.2, 0.25) is 0 Å². The molecule has 0 amide bonds. The van der Waals surface area contributed by atoms with Crippen molar-refractivity contribution in [2.75, 3.05) is 13.7 Å². The molecule has 0 saturated heterocycles. The van der Waals surface area contributed by atoms with E-state index >= 15 is 0 Å². The molecule has 1 aliphatic rings. The Morgan fingerprint density at radius 1 is 1.28 bits per heavy atom. The molecule has 0 spiro atoms. The van der Waals surface area contributed by atoms with Crippen molar-refractivity contribution in [1.29, 1.82) is 0 Å². The number of benzene rings is 1. The van der Waals surface area contributed by atoms with Crippen molar-refractivity contribution < 1.29 is 19.1 Å². The number of ketones is 1. The van der Waals surface area contributed by atoms with Crippen LogP contribution in [0.15, 0.2) is 17.9 Å². The van der Waals surface area contributed by atoms with Gasteiger partial charge in [0.25, 0.3) is 0 Å². The molecule has 25 heavy (non-hydrogen) atoms. The third-order valence-corrected chi connectivity index (χ3v) is 4.34. The molecular formula is C21H24O4. The van der Waals surface area contributed by atoms with Gasteiger partial charge in [-0.1, -0.05) is 5.92 Å². The van der Waals surface area contributed by atoms with Gasteiger partial charge in [-0.05, 0) is 56.5 Å². The number of allylic oxidation sites excluding steroid dienone is 2. The van der Waals surface area contributed by atoms with Crippen LogP contribution in [0.4, 0.5) is 0 Å². The summed E-state index contributed by atoms with van der Waals surface area (Å²) >= 11 is 0. The number of methoxy groups -OCH3 is 1. The highest BCUT2D eigenvalue weighted by Gasteiger charge is 2.37. The average Bonchev–Trinajstić information content (AvgIpc) is 2.84. The highest BCUT2D eigenvalue weighted by Crippen LogP contribution is 2.39. The van der Waals surface area contributed by atoms with Crippen molar-refractivity contribution in [3.63, 3.8) is 0 Å². The summed E-state index contributed by atoms with van der Waals surface area (Å²) in [5.74, 6) is 5.76. The van der Waals surface area contributed by atoms with Gasteiger partial charge in [0.1, 0.15) is 5.76 Å². The molecule has 1 aromatic carbocycles. The third-order valence-electron chi connectivity index (χ3n) is 4.34. The minimum Gasteiger partial charge on any atom is -0.500 e. The number of ether oxygens (including phenoxy) is 2. The van der Waals surface area contributed by atoms with E-state index in [1.165, 1.54) is 0 Å². The molecule has 0 heterocycles. The Labute approximate surface area is 149 Å². The van der Waals surface area contributed by atoms with E-state index in [1.54, 1.807) is 21.0 Å². The van der Waals surface area contributed by atoms with E-state index < -0.39 is 5.92 Å². The predicted molar refractivity (Wildman–Crippen MR) is 96.8 cm³/mol. The monoisotopic (exact) mass is 340 g/mol. The van der Waals surface area contributed by atoms with E-state index in [-0.39, 0.29) is 18.2 Å². The topological polar surface area (TPSA) is 52.6 Å². The first-order valence-corrected chi connectivity index (χ1v) is 8.44. The molecule has 0 bridgehead atoms. The minimum absolute atomic E-state index is 0.0505. The van der Waals surface area contributed by atoms with Gasteiger partial charge in [-0.25, -0.2) is 0 Å². The SMILES string of the molecule is CC#Cc1cc(C)c(C2=C(OC)CC(CC(=O)OCC)C2=O)c(C)c1. The Bertz CT molecular complexity index is 767. The minimum atomic E-state index is -0.419. The number of esters is 1. The van der Waals surface area contributed by atoms with Crippen molar-refractivity contribution in [1.82, 2.24) is 0 Å². The lowest BCUT2D eigenvalue weighted by atomic mass is 9.90. The van der Waals surface area contributed by atoms with E-state index in [2.05, 4.69) is 11.8 Å². The van der Waals surface area contributed by atoms with E-state index in [1.807, 2.05) is 26.0 Å². The Hall–Kier alpha value is -2.54. The molecule has 4 nitrogen and oxygen atoms in total. The first-order chi connectivity index (χ1) is 11.9. The van der Waals surface area contributed by atoms with Crippen LogP contribution in [-0.2, 0) is 19.1 Å². The van der Waals surface area contributed by atoms with Crippen LogP contribution in [0.2, 0.25) is 0 Å². The van der Waals surface area contributed by atoms with E-state index in [4.69, 9.17) is 9.47 Å². The first-order valence-electron chi connectivity index (χ1n) is 8.44. The van der Waals surface area contributed by atoms with Crippen LogP contribution in [0.3, 0.4) is 0 Å². The number of Topliss-reactive ketones (excluding diaryl/α,β-unsaturated/α-hetero) is 1. The van der Waals surface area contributed by atoms with Gasteiger partial charge in [-0.3, -0.25) is 9.59 Å². The Morgan fingerprint density at radius 2 is 1.92 bits per heavy atom. The summed E-state index contributed by atoms with van der Waals surface area (Å²) in [4.78, 5) is 24.7. The maximum Gasteiger partial charge on any atom is 0.306 e. The average molecular weight is 340 g/mol. The van der Waals surface area contributed by atoms with Crippen molar-refractivity contribution in [3.05, 3.63) is 40.1 Å². The Morgan fingerprint density at radius 3 is 2.44 bits per heavy atom. The molecule has 0 saturated carbocycles. The highest BCUT2D eigenvalue weighted by molar-refractivity contribution is 6.25. The largest absolute Gasteiger partial charge is 0.500 e. The molecule has 2 rings (SSSR count). The van der Waals surface area contributed by atoms with E-state index in [0.29, 0.717) is 24.4 Å². The van der Waals surface area contributed by atoms with Gasteiger partial charge < -0.3 is 9.47 Å². The van der Waals surface area contributed by atoms with Gasteiger partial charge in [0.15, 0.2) is 5.78 Å². The number of hydrogen-bond donors (Lipinski definition) is 0. The standard InChI is InChI=1S/C21H24O4/c1-6-8-15-9-13(3)19(14(4)10-15)20-17(24-5)11-16(21(20)23)12-18(22)25-7-2/h9-10,16H,7,11-12H2,1-5H3. The number of aryl methyl sites for hydroxylation is 2. The summed E-state index contributed by atoms with van der Waals surface area (Å²) in [5, 5.41) is 0. The molecular weight excluding hydrogens is 316 g/mol. The lowest BCUT2D eigenvalue weighted by Gasteiger charge is -2.13. The summed E-state index contributed by atoms with van der Waals surface area (Å²) in [7, 11) is 1.57. The van der Waals surface area contributed by atoms with Gasteiger partial charge in [-0.2, -0.15) is 0 Å². The van der Waals surface area contributed by atoms with Crippen LogP contribution < -0.4 is 0 Å². The van der Waals surface area contributed by atoms with Crippen LogP contribution in [0.25, 0.3) is 5.57 Å². The molecule has 0 fully saturated rings. The number of hydrogen-bond acceptors (Lipinski definition) is 4. The zero-order valence-corrected chi connectivity index (χ0v) is 15.5. The second-order valence-electron chi connectivity index (χ2n) is 6.14. The fourth-order valence-corrected chi connectivity index (χ4v) is 3.37. The van der Waals surface area contributed by atoms with Crippen molar-refractivity contribution >= 4 is 17.3 Å². The van der Waals surface area contributed by atoms with Gasteiger partial charge in [-0.15, -0.1) is 5.92 Å².